The van der Waals surface area contributed by atoms with Gasteiger partial charge in [0.05, 0.1) is 5.92 Å². The van der Waals surface area contributed by atoms with Crippen LogP contribution in [0.3, 0.4) is 0 Å². The number of alkyl carbamates (subject to hydrolysis) is 1. The zero-order valence-corrected chi connectivity index (χ0v) is 18.9. The number of carboxylic acid groups (broad SMARTS) is 1. The average molecular weight is 452 g/mol. The van der Waals surface area contributed by atoms with Crippen LogP contribution in [0.5, 0.6) is 0 Å². The summed E-state index contributed by atoms with van der Waals surface area (Å²) in [4.78, 5) is 40.0. The van der Waals surface area contributed by atoms with Crippen molar-refractivity contribution in [2.24, 2.45) is 5.92 Å². The smallest absolute Gasteiger partial charge is 0.407 e. The Kier molecular flexibility index (Phi) is 6.65. The van der Waals surface area contributed by atoms with Gasteiger partial charge < -0.3 is 25.0 Å². The standard InChI is InChI=1S/C25H29N3O5/c1-27(2)12-11-22(23(29)28-13-16(14-28)24(30)31)26-25(32)33-15-21-19-9-5-3-7-17(19)18-8-4-6-10-20(18)21/h3-10,16,21-22H,11-15H2,1-2H3,(H,26,32)(H,30,31). The van der Waals surface area contributed by atoms with Crippen LogP contribution in [-0.4, -0.2) is 79.3 Å². The van der Waals surface area contributed by atoms with Gasteiger partial charge in [-0.15, -0.1) is 0 Å². The number of amides is 2. The highest BCUT2D eigenvalue weighted by atomic mass is 16.5. The van der Waals surface area contributed by atoms with Crippen LogP contribution in [0, 0.1) is 5.92 Å². The summed E-state index contributed by atoms with van der Waals surface area (Å²) in [6, 6.07) is 15.4. The number of hydrogen-bond acceptors (Lipinski definition) is 5. The molecular formula is C25H29N3O5. The molecule has 2 aromatic rings. The van der Waals surface area contributed by atoms with E-state index in [0.717, 1.165) is 22.3 Å². The molecule has 8 heteroatoms. The summed E-state index contributed by atoms with van der Waals surface area (Å²) in [5.74, 6) is -1.79. The molecule has 1 aliphatic heterocycles. The van der Waals surface area contributed by atoms with Gasteiger partial charge in [-0.3, -0.25) is 9.59 Å². The second kappa shape index (κ2) is 9.62. The van der Waals surface area contributed by atoms with Crippen molar-refractivity contribution in [1.82, 2.24) is 15.1 Å². The van der Waals surface area contributed by atoms with Crippen LogP contribution < -0.4 is 5.32 Å². The number of aliphatic carboxylic acids is 1. The lowest BCUT2D eigenvalue weighted by atomic mass is 9.98. The molecule has 2 aromatic carbocycles. The van der Waals surface area contributed by atoms with E-state index in [1.165, 1.54) is 4.90 Å². The Bertz CT molecular complexity index is 1000. The lowest BCUT2D eigenvalue weighted by molar-refractivity contribution is -0.153. The number of likely N-dealkylation sites (tertiary alicyclic amines) is 1. The quantitative estimate of drug-likeness (QED) is 0.640. The summed E-state index contributed by atoms with van der Waals surface area (Å²) in [5, 5.41) is 11.8. The maximum Gasteiger partial charge on any atom is 0.407 e. The maximum atomic E-state index is 12.9. The van der Waals surface area contributed by atoms with Crippen LogP contribution in [-0.2, 0) is 14.3 Å². The molecule has 1 fully saturated rings. The summed E-state index contributed by atoms with van der Waals surface area (Å²) in [7, 11) is 3.78. The second-order valence-corrected chi connectivity index (χ2v) is 8.89. The molecule has 1 atom stereocenters. The Morgan fingerprint density at radius 3 is 2.18 bits per heavy atom. The van der Waals surface area contributed by atoms with E-state index in [4.69, 9.17) is 9.84 Å². The Morgan fingerprint density at radius 1 is 1.06 bits per heavy atom. The third-order valence-corrected chi connectivity index (χ3v) is 6.34. The van der Waals surface area contributed by atoms with E-state index in [2.05, 4.69) is 17.4 Å². The summed E-state index contributed by atoms with van der Waals surface area (Å²) in [6.07, 6.45) is -0.242. The van der Waals surface area contributed by atoms with Crippen molar-refractivity contribution in [3.63, 3.8) is 0 Å². The Balaban J connectivity index is 1.39. The molecule has 1 saturated heterocycles. The molecule has 33 heavy (non-hydrogen) atoms. The van der Waals surface area contributed by atoms with Gasteiger partial charge in [-0.2, -0.15) is 0 Å². The Hall–Kier alpha value is -3.39. The van der Waals surface area contributed by atoms with Gasteiger partial charge in [0, 0.05) is 19.0 Å². The van der Waals surface area contributed by atoms with Crippen LogP contribution in [0.25, 0.3) is 11.1 Å². The number of nitrogens with zero attached hydrogens (tertiary/aromatic N) is 2. The average Bonchev–Trinajstić information content (AvgIpc) is 3.07. The molecule has 2 amide bonds. The van der Waals surface area contributed by atoms with Crippen molar-refractivity contribution in [2.45, 2.75) is 18.4 Å². The molecule has 2 N–H and O–H groups in total. The number of ether oxygens (including phenoxy) is 1. The molecule has 0 bridgehead atoms. The van der Waals surface area contributed by atoms with Gasteiger partial charge in [0.15, 0.2) is 0 Å². The number of hydrogen-bond donors (Lipinski definition) is 2. The van der Waals surface area contributed by atoms with Crippen molar-refractivity contribution < 1.29 is 24.2 Å². The van der Waals surface area contributed by atoms with Crippen molar-refractivity contribution in [2.75, 3.05) is 40.3 Å². The van der Waals surface area contributed by atoms with Crippen LogP contribution in [0.15, 0.2) is 48.5 Å². The number of carboxylic acids is 1. The summed E-state index contributed by atoms with van der Waals surface area (Å²) in [6.45, 7) is 1.09. The van der Waals surface area contributed by atoms with Gasteiger partial charge >= 0.3 is 12.1 Å². The van der Waals surface area contributed by atoms with Crippen molar-refractivity contribution in [1.29, 1.82) is 0 Å². The molecular weight excluding hydrogens is 422 g/mol. The zero-order valence-electron chi connectivity index (χ0n) is 18.9. The minimum atomic E-state index is -0.909. The fourth-order valence-corrected chi connectivity index (χ4v) is 4.46. The maximum absolute atomic E-state index is 12.9. The largest absolute Gasteiger partial charge is 0.481 e. The normalized spacial score (nSPS) is 16.0. The first-order valence-corrected chi connectivity index (χ1v) is 11.1. The Labute approximate surface area is 193 Å². The molecule has 0 radical (unpaired) electrons. The molecule has 1 unspecified atom stereocenters. The van der Waals surface area contributed by atoms with Gasteiger partial charge in [-0.1, -0.05) is 48.5 Å². The predicted molar refractivity (Wildman–Crippen MR) is 123 cm³/mol. The first-order valence-electron chi connectivity index (χ1n) is 11.1. The fourth-order valence-electron chi connectivity index (χ4n) is 4.46. The summed E-state index contributed by atoms with van der Waals surface area (Å²) >= 11 is 0. The highest BCUT2D eigenvalue weighted by Crippen LogP contribution is 2.44. The van der Waals surface area contributed by atoms with Gasteiger partial charge in [-0.25, -0.2) is 4.79 Å². The van der Waals surface area contributed by atoms with Crippen molar-refractivity contribution in [3.8, 4) is 11.1 Å². The minimum absolute atomic E-state index is 0.0641. The van der Waals surface area contributed by atoms with Crippen LogP contribution in [0.1, 0.15) is 23.5 Å². The number of carbonyl (C=O) groups is 3. The number of rotatable bonds is 8. The van der Waals surface area contributed by atoms with E-state index in [9.17, 15) is 14.4 Å². The van der Waals surface area contributed by atoms with Gasteiger partial charge in [0.2, 0.25) is 5.91 Å². The lowest BCUT2D eigenvalue weighted by Crippen LogP contribution is -2.59. The highest BCUT2D eigenvalue weighted by molar-refractivity contribution is 5.88. The third-order valence-electron chi connectivity index (χ3n) is 6.34. The van der Waals surface area contributed by atoms with Crippen molar-refractivity contribution in [3.05, 3.63) is 59.7 Å². The molecule has 0 spiro atoms. The van der Waals surface area contributed by atoms with E-state index in [1.54, 1.807) is 0 Å². The lowest BCUT2D eigenvalue weighted by Gasteiger charge is -2.39. The van der Waals surface area contributed by atoms with E-state index >= 15 is 0 Å². The molecule has 4 rings (SSSR count). The van der Waals surface area contributed by atoms with Crippen LogP contribution >= 0.6 is 0 Å². The minimum Gasteiger partial charge on any atom is -0.481 e. The zero-order chi connectivity index (χ0) is 23.5. The van der Waals surface area contributed by atoms with Gasteiger partial charge in [0.1, 0.15) is 12.6 Å². The van der Waals surface area contributed by atoms with Crippen LogP contribution in [0.2, 0.25) is 0 Å². The molecule has 0 saturated carbocycles. The monoisotopic (exact) mass is 451 g/mol. The fraction of sp³-hybridized carbons (Fsp3) is 0.400. The van der Waals surface area contributed by atoms with E-state index in [-0.39, 0.29) is 31.5 Å². The number of nitrogens with one attached hydrogen (secondary N) is 1. The Morgan fingerprint density at radius 2 is 1.64 bits per heavy atom. The summed E-state index contributed by atoms with van der Waals surface area (Å²) < 4.78 is 5.59. The molecule has 8 nitrogen and oxygen atoms in total. The van der Waals surface area contributed by atoms with E-state index in [1.807, 2.05) is 55.4 Å². The molecule has 1 aliphatic carbocycles. The third kappa shape index (κ3) is 4.85. The highest BCUT2D eigenvalue weighted by Gasteiger charge is 2.39. The molecule has 1 heterocycles. The number of carbonyl (C=O) groups excluding carboxylic acids is 2. The molecule has 2 aliphatic rings. The molecule has 0 aromatic heterocycles. The number of fused-ring (bicyclic) bond motifs is 3. The van der Waals surface area contributed by atoms with E-state index in [0.29, 0.717) is 13.0 Å². The van der Waals surface area contributed by atoms with Crippen LogP contribution in [0.4, 0.5) is 4.79 Å². The number of benzene rings is 2. The van der Waals surface area contributed by atoms with E-state index < -0.39 is 24.0 Å². The molecule has 174 valence electrons. The topological polar surface area (TPSA) is 99.2 Å². The SMILES string of the molecule is CN(C)CCC(NC(=O)OCC1c2ccccc2-c2ccccc21)C(=O)N1CC(C(=O)O)C1. The van der Waals surface area contributed by atoms with Gasteiger partial charge in [-0.05, 0) is 49.3 Å². The first kappa shape index (κ1) is 22.8. The first-order chi connectivity index (χ1) is 15.8. The second-order valence-electron chi connectivity index (χ2n) is 8.89. The predicted octanol–water partition coefficient (Wildman–Crippen LogP) is 2.39. The van der Waals surface area contributed by atoms with Gasteiger partial charge in [0.25, 0.3) is 0 Å². The summed E-state index contributed by atoms with van der Waals surface area (Å²) in [5.41, 5.74) is 4.53. The van der Waals surface area contributed by atoms with Crippen molar-refractivity contribution >= 4 is 18.0 Å².